The third kappa shape index (κ3) is 4.47. The maximum absolute atomic E-state index is 12.2. The smallest absolute Gasteiger partial charge is 0.180 e. The molecule has 0 radical (unpaired) electrons. The molecule has 0 saturated heterocycles. The van der Waals surface area contributed by atoms with E-state index in [0.29, 0.717) is 13.0 Å². The summed E-state index contributed by atoms with van der Waals surface area (Å²) in [7, 11) is -3.39. The Morgan fingerprint density at radius 1 is 1.10 bits per heavy atom. The zero-order valence-electron chi connectivity index (χ0n) is 11.3. The summed E-state index contributed by atoms with van der Waals surface area (Å²) in [6.45, 7) is 0.347. The first-order valence-corrected chi connectivity index (χ1v) is 8.89. The Kier molecular flexibility index (Phi) is 5.25. The number of nitrogens with two attached hydrogens (primary N) is 1. The van der Waals surface area contributed by atoms with Crippen molar-refractivity contribution >= 4 is 31.5 Å². The maximum atomic E-state index is 12.2. The SMILES string of the molecule is Nc1cc(Br)ccc1S(=O)(=O)CCCOc1ccccc1. The number of halogens is 1. The van der Waals surface area contributed by atoms with Crippen molar-refractivity contribution in [1.29, 1.82) is 0 Å². The van der Waals surface area contributed by atoms with Gasteiger partial charge in [-0.15, -0.1) is 0 Å². The third-order valence-electron chi connectivity index (χ3n) is 2.88. The van der Waals surface area contributed by atoms with Crippen LogP contribution in [0.15, 0.2) is 57.9 Å². The molecule has 0 atom stereocenters. The standard InChI is InChI=1S/C15H16BrNO3S/c16-12-7-8-15(14(17)11-12)21(18,19)10-4-9-20-13-5-2-1-3-6-13/h1-3,5-8,11H,4,9-10,17H2. The van der Waals surface area contributed by atoms with Gasteiger partial charge in [0.25, 0.3) is 0 Å². The van der Waals surface area contributed by atoms with Gasteiger partial charge in [0, 0.05) is 4.47 Å². The molecular formula is C15H16BrNO3S. The molecule has 0 aliphatic carbocycles. The summed E-state index contributed by atoms with van der Waals surface area (Å²) >= 11 is 3.26. The van der Waals surface area contributed by atoms with Gasteiger partial charge in [-0.25, -0.2) is 8.42 Å². The van der Waals surface area contributed by atoms with E-state index < -0.39 is 9.84 Å². The van der Waals surface area contributed by atoms with Crippen molar-refractivity contribution in [3.05, 3.63) is 53.0 Å². The van der Waals surface area contributed by atoms with Gasteiger partial charge in [-0.2, -0.15) is 0 Å². The van der Waals surface area contributed by atoms with Crippen LogP contribution in [-0.2, 0) is 9.84 Å². The van der Waals surface area contributed by atoms with E-state index in [1.807, 2.05) is 30.3 Å². The van der Waals surface area contributed by atoms with Gasteiger partial charge in [0.15, 0.2) is 9.84 Å². The van der Waals surface area contributed by atoms with Crippen LogP contribution >= 0.6 is 15.9 Å². The normalized spacial score (nSPS) is 11.3. The molecule has 0 unspecified atom stereocenters. The molecule has 112 valence electrons. The van der Waals surface area contributed by atoms with Crippen LogP contribution in [0.1, 0.15) is 6.42 Å². The van der Waals surface area contributed by atoms with Crippen LogP contribution in [0.5, 0.6) is 5.75 Å². The summed E-state index contributed by atoms with van der Waals surface area (Å²) in [6, 6.07) is 14.1. The van der Waals surface area contributed by atoms with Crippen molar-refractivity contribution in [3.8, 4) is 5.75 Å². The highest BCUT2D eigenvalue weighted by Crippen LogP contribution is 2.24. The zero-order chi connectivity index (χ0) is 15.3. The lowest BCUT2D eigenvalue weighted by atomic mass is 10.3. The van der Waals surface area contributed by atoms with E-state index in [4.69, 9.17) is 10.5 Å². The van der Waals surface area contributed by atoms with Crippen LogP contribution in [0.2, 0.25) is 0 Å². The molecule has 0 saturated carbocycles. The van der Waals surface area contributed by atoms with Crippen molar-refractivity contribution < 1.29 is 13.2 Å². The summed E-state index contributed by atoms with van der Waals surface area (Å²) in [5.41, 5.74) is 6.02. The largest absolute Gasteiger partial charge is 0.494 e. The van der Waals surface area contributed by atoms with Crippen LogP contribution in [0.25, 0.3) is 0 Å². The minimum absolute atomic E-state index is 0.00562. The Bertz CT molecular complexity index is 702. The van der Waals surface area contributed by atoms with E-state index in [-0.39, 0.29) is 16.3 Å². The number of nitrogen functional groups attached to an aromatic ring is 1. The molecule has 2 aromatic rings. The number of hydrogen-bond acceptors (Lipinski definition) is 4. The molecular weight excluding hydrogens is 354 g/mol. The molecule has 0 aliphatic heterocycles. The van der Waals surface area contributed by atoms with E-state index in [0.717, 1.165) is 10.2 Å². The Morgan fingerprint density at radius 3 is 2.48 bits per heavy atom. The van der Waals surface area contributed by atoms with E-state index in [9.17, 15) is 8.42 Å². The minimum Gasteiger partial charge on any atom is -0.494 e. The second-order valence-electron chi connectivity index (χ2n) is 4.52. The van der Waals surface area contributed by atoms with Crippen molar-refractivity contribution in [2.24, 2.45) is 0 Å². The minimum atomic E-state index is -3.39. The molecule has 0 spiro atoms. The van der Waals surface area contributed by atoms with Crippen molar-refractivity contribution in [1.82, 2.24) is 0 Å². The Morgan fingerprint density at radius 2 is 1.81 bits per heavy atom. The molecule has 4 nitrogen and oxygen atoms in total. The lowest BCUT2D eigenvalue weighted by Crippen LogP contribution is -2.12. The highest BCUT2D eigenvalue weighted by atomic mass is 79.9. The predicted molar refractivity (Wildman–Crippen MR) is 87.2 cm³/mol. The van der Waals surface area contributed by atoms with E-state index in [1.165, 1.54) is 6.07 Å². The average molecular weight is 370 g/mol. The van der Waals surface area contributed by atoms with Crippen LogP contribution < -0.4 is 10.5 Å². The van der Waals surface area contributed by atoms with Crippen LogP contribution in [0.3, 0.4) is 0 Å². The number of rotatable bonds is 6. The number of ether oxygens (including phenoxy) is 1. The predicted octanol–water partition coefficient (Wildman–Crippen LogP) is 3.27. The van der Waals surface area contributed by atoms with Gasteiger partial charge in [-0.1, -0.05) is 34.1 Å². The maximum Gasteiger partial charge on any atom is 0.180 e. The Hall–Kier alpha value is -1.53. The summed E-state index contributed by atoms with van der Waals surface area (Å²) in [5.74, 6) is 0.740. The fourth-order valence-electron chi connectivity index (χ4n) is 1.87. The van der Waals surface area contributed by atoms with Crippen LogP contribution in [0.4, 0.5) is 5.69 Å². The lowest BCUT2D eigenvalue weighted by Gasteiger charge is -2.09. The van der Waals surface area contributed by atoms with Gasteiger partial charge in [-0.05, 0) is 36.8 Å². The first kappa shape index (κ1) is 15.9. The van der Waals surface area contributed by atoms with Crippen molar-refractivity contribution in [3.63, 3.8) is 0 Å². The second kappa shape index (κ2) is 6.95. The van der Waals surface area contributed by atoms with Crippen molar-refractivity contribution in [2.75, 3.05) is 18.1 Å². The molecule has 21 heavy (non-hydrogen) atoms. The van der Waals surface area contributed by atoms with Gasteiger partial charge in [0.05, 0.1) is 22.9 Å². The van der Waals surface area contributed by atoms with Crippen LogP contribution in [-0.4, -0.2) is 20.8 Å². The van der Waals surface area contributed by atoms with E-state index in [1.54, 1.807) is 12.1 Å². The Balaban J connectivity index is 1.92. The highest BCUT2D eigenvalue weighted by Gasteiger charge is 2.17. The zero-order valence-corrected chi connectivity index (χ0v) is 13.7. The van der Waals surface area contributed by atoms with Crippen LogP contribution in [0, 0.1) is 0 Å². The monoisotopic (exact) mass is 369 g/mol. The lowest BCUT2D eigenvalue weighted by molar-refractivity contribution is 0.317. The van der Waals surface area contributed by atoms with Gasteiger partial charge < -0.3 is 10.5 Å². The average Bonchev–Trinajstić information content (AvgIpc) is 2.44. The third-order valence-corrected chi connectivity index (χ3v) is 5.24. The van der Waals surface area contributed by atoms with E-state index in [2.05, 4.69) is 15.9 Å². The molecule has 6 heteroatoms. The number of benzene rings is 2. The van der Waals surface area contributed by atoms with Gasteiger partial charge in [-0.3, -0.25) is 0 Å². The van der Waals surface area contributed by atoms with Gasteiger partial charge >= 0.3 is 0 Å². The second-order valence-corrected chi connectivity index (χ2v) is 7.51. The number of para-hydroxylation sites is 1. The molecule has 2 N–H and O–H groups in total. The molecule has 0 heterocycles. The number of sulfone groups is 1. The quantitative estimate of drug-likeness (QED) is 0.626. The Labute approximate surface area is 133 Å². The molecule has 0 aromatic heterocycles. The van der Waals surface area contributed by atoms with Gasteiger partial charge in [0.2, 0.25) is 0 Å². The highest BCUT2D eigenvalue weighted by molar-refractivity contribution is 9.10. The van der Waals surface area contributed by atoms with E-state index >= 15 is 0 Å². The summed E-state index contributed by atoms with van der Waals surface area (Å²) in [6.07, 6.45) is 0.409. The fraction of sp³-hybridized carbons (Fsp3) is 0.200. The molecule has 0 fully saturated rings. The number of hydrogen-bond donors (Lipinski definition) is 1. The first-order chi connectivity index (χ1) is 9.99. The summed E-state index contributed by atoms with van der Waals surface area (Å²) in [5, 5.41) is 0. The molecule has 0 bridgehead atoms. The molecule has 0 amide bonds. The van der Waals surface area contributed by atoms with Gasteiger partial charge in [0.1, 0.15) is 5.75 Å². The summed E-state index contributed by atoms with van der Waals surface area (Å²) in [4.78, 5) is 0.172. The van der Waals surface area contributed by atoms with Crippen molar-refractivity contribution in [2.45, 2.75) is 11.3 Å². The number of anilines is 1. The first-order valence-electron chi connectivity index (χ1n) is 6.45. The molecule has 2 aromatic carbocycles. The topological polar surface area (TPSA) is 69.4 Å². The molecule has 2 rings (SSSR count). The fourth-order valence-corrected chi connectivity index (χ4v) is 3.66. The summed E-state index contributed by atoms with van der Waals surface area (Å²) < 4.78 is 30.7. The molecule has 0 aliphatic rings.